The van der Waals surface area contributed by atoms with Crippen LogP contribution in [0.25, 0.3) is 0 Å². The molecule has 0 spiro atoms. The monoisotopic (exact) mass is 317 g/mol. The van der Waals surface area contributed by atoms with Crippen molar-refractivity contribution in [2.75, 3.05) is 24.2 Å². The summed E-state index contributed by atoms with van der Waals surface area (Å²) in [6, 6.07) is 0.381. The molecule has 0 saturated heterocycles. The molecule has 0 fully saturated rings. The van der Waals surface area contributed by atoms with E-state index in [1.54, 1.807) is 4.72 Å². The predicted molar refractivity (Wildman–Crippen MR) is 62.4 cm³/mol. The number of benzene rings is 1. The number of anilines is 1. The minimum absolute atomic E-state index is 0.115. The summed E-state index contributed by atoms with van der Waals surface area (Å²) in [6.07, 6.45) is -4.99. The Kier molecular flexibility index (Phi) is 4.81. The maximum atomic E-state index is 13.3. The summed E-state index contributed by atoms with van der Waals surface area (Å²) in [5, 5.41) is 9.34. The Morgan fingerprint density at radius 2 is 1.95 bits per heavy atom. The lowest BCUT2D eigenvalue weighted by Gasteiger charge is -2.13. The Balaban J connectivity index is 3.08. The molecular formula is C10H11F4NO4S. The highest BCUT2D eigenvalue weighted by Crippen LogP contribution is 2.37. The van der Waals surface area contributed by atoms with Gasteiger partial charge in [0, 0.05) is 13.2 Å². The van der Waals surface area contributed by atoms with Crippen LogP contribution < -0.4 is 4.72 Å². The Morgan fingerprint density at radius 1 is 1.35 bits per heavy atom. The summed E-state index contributed by atoms with van der Waals surface area (Å²) < 4.78 is 79.6. The van der Waals surface area contributed by atoms with Crippen molar-refractivity contribution in [3.05, 3.63) is 23.5 Å². The van der Waals surface area contributed by atoms with Crippen molar-refractivity contribution >= 4 is 15.7 Å². The highest BCUT2D eigenvalue weighted by atomic mass is 32.2. The molecule has 20 heavy (non-hydrogen) atoms. The Bertz CT molecular complexity index is 586. The van der Waals surface area contributed by atoms with E-state index in [1.807, 2.05) is 0 Å². The molecule has 114 valence electrons. The molecule has 0 bridgehead atoms. The molecule has 0 atom stereocenters. The summed E-state index contributed by atoms with van der Waals surface area (Å²) in [5.41, 5.74) is -2.36. The molecule has 1 aromatic rings. The maximum Gasteiger partial charge on any atom is 0.419 e. The predicted octanol–water partition coefficient (Wildman–Crippen LogP) is 1.94. The third-order valence-corrected chi connectivity index (χ3v) is 3.45. The molecule has 0 unspecified atom stereocenters. The van der Waals surface area contributed by atoms with Gasteiger partial charge >= 0.3 is 6.18 Å². The van der Waals surface area contributed by atoms with Crippen LogP contribution in [0.3, 0.4) is 0 Å². The average molecular weight is 317 g/mol. The standard InChI is InChI=1S/C10H11F4NO4S/c1-19-2-3-20(17,18)15-8-5-7(11)6(4-9(8)16)10(12,13)14/h4-5,15-16H,2-3H2,1H3. The van der Waals surface area contributed by atoms with Crippen LogP contribution in [0, 0.1) is 5.82 Å². The summed E-state index contributed by atoms with van der Waals surface area (Å²) in [7, 11) is -2.71. The Morgan fingerprint density at radius 3 is 2.45 bits per heavy atom. The quantitative estimate of drug-likeness (QED) is 0.643. The number of phenols is 1. The van der Waals surface area contributed by atoms with E-state index >= 15 is 0 Å². The third kappa shape index (κ3) is 4.23. The first-order valence-electron chi connectivity index (χ1n) is 5.16. The van der Waals surface area contributed by atoms with Crippen LogP contribution in [0.4, 0.5) is 23.2 Å². The van der Waals surface area contributed by atoms with Crippen molar-refractivity contribution in [2.45, 2.75) is 6.18 Å². The van der Waals surface area contributed by atoms with Gasteiger partial charge in [0.25, 0.3) is 0 Å². The Hall–Kier alpha value is -1.55. The average Bonchev–Trinajstić information content (AvgIpc) is 2.29. The molecule has 0 aliphatic heterocycles. The van der Waals surface area contributed by atoms with Gasteiger partial charge in [-0.15, -0.1) is 0 Å². The van der Waals surface area contributed by atoms with Crippen molar-refractivity contribution < 1.29 is 35.8 Å². The second-order valence-electron chi connectivity index (χ2n) is 3.76. The number of phenolic OH excluding ortho intramolecular Hbond substituents is 1. The van der Waals surface area contributed by atoms with E-state index < -0.39 is 44.8 Å². The number of aromatic hydroxyl groups is 1. The molecule has 10 heteroatoms. The number of rotatable bonds is 5. The number of halogens is 4. The van der Waals surface area contributed by atoms with Gasteiger partial charge in [0.15, 0.2) is 0 Å². The van der Waals surface area contributed by atoms with E-state index in [9.17, 15) is 31.1 Å². The first-order valence-corrected chi connectivity index (χ1v) is 6.81. The van der Waals surface area contributed by atoms with Crippen LogP contribution in [0.1, 0.15) is 5.56 Å². The van der Waals surface area contributed by atoms with E-state index in [1.165, 1.54) is 7.11 Å². The molecule has 5 nitrogen and oxygen atoms in total. The molecule has 1 rings (SSSR count). The largest absolute Gasteiger partial charge is 0.506 e. The summed E-state index contributed by atoms with van der Waals surface area (Å²) in [5.74, 6) is -3.22. The number of ether oxygens (including phenoxy) is 1. The molecule has 0 heterocycles. The normalized spacial score (nSPS) is 12.4. The zero-order chi connectivity index (χ0) is 15.6. The molecule has 1 aromatic carbocycles. The van der Waals surface area contributed by atoms with E-state index in [0.29, 0.717) is 0 Å². The number of alkyl halides is 3. The van der Waals surface area contributed by atoms with Crippen LogP contribution in [0.2, 0.25) is 0 Å². The molecule has 2 N–H and O–H groups in total. The van der Waals surface area contributed by atoms with Gasteiger partial charge in [-0.25, -0.2) is 12.8 Å². The summed E-state index contributed by atoms with van der Waals surface area (Å²) in [4.78, 5) is 0. The van der Waals surface area contributed by atoms with Gasteiger partial charge in [-0.05, 0) is 6.07 Å². The van der Waals surface area contributed by atoms with E-state index in [-0.39, 0.29) is 18.7 Å². The van der Waals surface area contributed by atoms with Gasteiger partial charge < -0.3 is 9.84 Å². The zero-order valence-corrected chi connectivity index (χ0v) is 11.0. The first kappa shape index (κ1) is 16.5. The van der Waals surface area contributed by atoms with Crippen LogP contribution >= 0.6 is 0 Å². The van der Waals surface area contributed by atoms with Crippen LogP contribution in [0.15, 0.2) is 12.1 Å². The fourth-order valence-corrected chi connectivity index (χ4v) is 2.26. The van der Waals surface area contributed by atoms with Crippen molar-refractivity contribution in [3.8, 4) is 5.75 Å². The van der Waals surface area contributed by atoms with Crippen molar-refractivity contribution in [3.63, 3.8) is 0 Å². The second-order valence-corrected chi connectivity index (χ2v) is 5.60. The molecule has 0 saturated carbocycles. The number of hydrogen-bond acceptors (Lipinski definition) is 4. The minimum atomic E-state index is -4.99. The molecule has 0 radical (unpaired) electrons. The lowest BCUT2D eigenvalue weighted by atomic mass is 10.1. The fraction of sp³-hybridized carbons (Fsp3) is 0.400. The SMILES string of the molecule is COCCS(=O)(=O)Nc1cc(F)c(C(F)(F)F)cc1O. The highest BCUT2D eigenvalue weighted by molar-refractivity contribution is 7.92. The number of sulfonamides is 1. The smallest absolute Gasteiger partial charge is 0.419 e. The summed E-state index contributed by atoms with van der Waals surface area (Å²) >= 11 is 0. The van der Waals surface area contributed by atoms with Gasteiger partial charge in [0.05, 0.1) is 23.6 Å². The van der Waals surface area contributed by atoms with Crippen molar-refractivity contribution in [1.29, 1.82) is 0 Å². The van der Waals surface area contributed by atoms with E-state index in [2.05, 4.69) is 4.74 Å². The molecular weight excluding hydrogens is 306 g/mol. The van der Waals surface area contributed by atoms with Gasteiger partial charge in [-0.1, -0.05) is 0 Å². The highest BCUT2D eigenvalue weighted by Gasteiger charge is 2.35. The fourth-order valence-electron chi connectivity index (χ4n) is 1.27. The zero-order valence-electron chi connectivity index (χ0n) is 10.2. The lowest BCUT2D eigenvalue weighted by molar-refractivity contribution is -0.140. The molecule has 0 aromatic heterocycles. The van der Waals surface area contributed by atoms with Gasteiger partial charge in [-0.2, -0.15) is 13.2 Å². The van der Waals surface area contributed by atoms with E-state index in [4.69, 9.17) is 0 Å². The maximum absolute atomic E-state index is 13.3. The van der Waals surface area contributed by atoms with Gasteiger partial charge in [0.2, 0.25) is 10.0 Å². The number of hydrogen-bond donors (Lipinski definition) is 2. The van der Waals surface area contributed by atoms with Crippen LogP contribution in [-0.2, 0) is 20.9 Å². The first-order chi connectivity index (χ1) is 9.07. The second kappa shape index (κ2) is 5.83. The van der Waals surface area contributed by atoms with Crippen molar-refractivity contribution in [2.24, 2.45) is 0 Å². The topological polar surface area (TPSA) is 75.6 Å². The van der Waals surface area contributed by atoms with Gasteiger partial charge in [0.1, 0.15) is 11.6 Å². The third-order valence-electron chi connectivity index (χ3n) is 2.21. The number of nitrogens with one attached hydrogen (secondary N) is 1. The van der Waals surface area contributed by atoms with Crippen LogP contribution in [-0.4, -0.2) is 33.0 Å². The Labute approximate surface area is 112 Å². The van der Waals surface area contributed by atoms with Crippen LogP contribution in [0.5, 0.6) is 5.75 Å². The van der Waals surface area contributed by atoms with Gasteiger partial charge in [-0.3, -0.25) is 4.72 Å². The molecule has 0 amide bonds. The summed E-state index contributed by atoms with van der Waals surface area (Å²) in [6.45, 7) is -0.167. The number of methoxy groups -OCH3 is 1. The lowest BCUT2D eigenvalue weighted by Crippen LogP contribution is -2.20. The van der Waals surface area contributed by atoms with Crippen molar-refractivity contribution in [1.82, 2.24) is 0 Å². The molecule has 0 aliphatic carbocycles. The molecule has 0 aliphatic rings. The minimum Gasteiger partial charge on any atom is -0.506 e. The van der Waals surface area contributed by atoms with E-state index in [0.717, 1.165) is 0 Å².